The minimum atomic E-state index is -0.0343. The molecule has 0 N–H and O–H groups in total. The van der Waals surface area contributed by atoms with Gasteiger partial charge in [0.15, 0.2) is 5.76 Å². The van der Waals surface area contributed by atoms with Gasteiger partial charge in [0.25, 0.3) is 5.91 Å². The van der Waals surface area contributed by atoms with Crippen LogP contribution in [0.3, 0.4) is 0 Å². The van der Waals surface area contributed by atoms with Crippen molar-refractivity contribution in [2.24, 2.45) is 0 Å². The van der Waals surface area contributed by atoms with E-state index in [2.05, 4.69) is 5.16 Å². The molecule has 3 aromatic carbocycles. The van der Waals surface area contributed by atoms with E-state index in [0.29, 0.717) is 22.9 Å². The summed E-state index contributed by atoms with van der Waals surface area (Å²) >= 11 is 7.92. The van der Waals surface area contributed by atoms with E-state index in [1.807, 2.05) is 77.7 Å². The summed E-state index contributed by atoms with van der Waals surface area (Å²) in [7, 11) is 0. The van der Waals surface area contributed by atoms with E-state index in [1.54, 1.807) is 11.8 Å². The van der Waals surface area contributed by atoms with E-state index < -0.39 is 0 Å². The van der Waals surface area contributed by atoms with Gasteiger partial charge in [-0.05, 0) is 35.9 Å². The van der Waals surface area contributed by atoms with Crippen LogP contribution >= 0.6 is 23.4 Å². The van der Waals surface area contributed by atoms with Crippen LogP contribution in [0.2, 0.25) is 5.02 Å². The maximum Gasteiger partial charge on any atom is 0.255 e. The van der Waals surface area contributed by atoms with Crippen molar-refractivity contribution >= 4 is 40.2 Å². The number of halogens is 1. The Morgan fingerprint density at radius 2 is 1.93 bits per heavy atom. The Hall–Kier alpha value is -2.76. The largest absolute Gasteiger partial charge is 0.355 e. The zero-order valence-electron chi connectivity index (χ0n) is 15.4. The Kier molecular flexibility index (Phi) is 4.78. The molecule has 0 aliphatic carbocycles. The number of rotatable bonds is 3. The lowest BCUT2D eigenvalue weighted by atomic mass is 10.1. The molecule has 1 amide bonds. The van der Waals surface area contributed by atoms with E-state index in [1.165, 1.54) is 0 Å². The van der Waals surface area contributed by atoms with Gasteiger partial charge in [-0.1, -0.05) is 59.2 Å². The second-order valence-corrected chi connectivity index (χ2v) is 8.51. The summed E-state index contributed by atoms with van der Waals surface area (Å²) < 4.78 is 5.57. The van der Waals surface area contributed by atoms with E-state index in [-0.39, 0.29) is 11.3 Å². The number of carbonyl (C=O) groups excluding carboxylic acids is 1. The van der Waals surface area contributed by atoms with Gasteiger partial charge in [0.05, 0.1) is 5.39 Å². The monoisotopic (exact) mass is 420 g/mol. The fraction of sp³-hybridized carbons (Fsp3) is 0.130. The maximum atomic E-state index is 13.4. The molecular formula is C23H17ClN2O2S. The molecule has 1 fully saturated rings. The lowest BCUT2D eigenvalue weighted by Gasteiger charge is -2.24. The van der Waals surface area contributed by atoms with Gasteiger partial charge < -0.3 is 9.42 Å². The van der Waals surface area contributed by atoms with Crippen molar-refractivity contribution in [2.75, 3.05) is 12.3 Å². The standard InChI is InChI=1S/C23H17ClN2O2S/c24-18-8-4-7-17(13-18)23-26(11-12-29-23)22(27)16-9-10-20-19(14-16)21(28-25-20)15-5-2-1-3-6-15/h1-10,13-14,23H,11-12H2. The lowest BCUT2D eigenvalue weighted by molar-refractivity contribution is 0.0760. The van der Waals surface area contributed by atoms with Gasteiger partial charge in [0.1, 0.15) is 10.9 Å². The van der Waals surface area contributed by atoms with Crippen LogP contribution < -0.4 is 0 Å². The molecule has 0 saturated carbocycles. The van der Waals surface area contributed by atoms with Crippen LogP contribution in [0.15, 0.2) is 77.3 Å². The Morgan fingerprint density at radius 1 is 1.07 bits per heavy atom. The summed E-state index contributed by atoms with van der Waals surface area (Å²) in [6.45, 7) is 0.702. The Balaban J connectivity index is 1.51. The van der Waals surface area contributed by atoms with E-state index in [0.717, 1.165) is 27.8 Å². The maximum absolute atomic E-state index is 13.4. The average molecular weight is 421 g/mol. The molecule has 4 nitrogen and oxygen atoms in total. The molecular weight excluding hydrogens is 404 g/mol. The second-order valence-electron chi connectivity index (χ2n) is 6.89. The third kappa shape index (κ3) is 3.41. The second kappa shape index (κ2) is 7.58. The van der Waals surface area contributed by atoms with Crippen molar-refractivity contribution in [1.82, 2.24) is 10.1 Å². The summed E-state index contributed by atoms with van der Waals surface area (Å²) in [5, 5.41) is 5.63. The van der Waals surface area contributed by atoms with Crippen molar-refractivity contribution in [2.45, 2.75) is 5.37 Å². The zero-order valence-corrected chi connectivity index (χ0v) is 17.0. The van der Waals surface area contributed by atoms with Crippen LogP contribution in [0, 0.1) is 0 Å². The van der Waals surface area contributed by atoms with Crippen LogP contribution in [0.25, 0.3) is 22.2 Å². The molecule has 144 valence electrons. The Bertz CT molecular complexity index is 1190. The number of hydrogen-bond donors (Lipinski definition) is 0. The van der Waals surface area contributed by atoms with Gasteiger partial charge in [0, 0.05) is 28.4 Å². The molecule has 1 atom stereocenters. The molecule has 0 radical (unpaired) electrons. The van der Waals surface area contributed by atoms with Crippen LogP contribution in [0.5, 0.6) is 0 Å². The quantitative estimate of drug-likeness (QED) is 0.405. The van der Waals surface area contributed by atoms with Crippen molar-refractivity contribution in [3.05, 3.63) is 88.9 Å². The molecule has 0 bridgehead atoms. The number of fused-ring (bicyclic) bond motifs is 1. The van der Waals surface area contributed by atoms with Gasteiger partial charge in [0.2, 0.25) is 0 Å². The molecule has 1 unspecified atom stereocenters. The average Bonchev–Trinajstić information content (AvgIpc) is 3.41. The van der Waals surface area contributed by atoms with Crippen molar-refractivity contribution in [3.8, 4) is 11.3 Å². The topological polar surface area (TPSA) is 46.3 Å². The first-order chi connectivity index (χ1) is 14.2. The number of hydrogen-bond acceptors (Lipinski definition) is 4. The molecule has 6 heteroatoms. The molecule has 4 aromatic rings. The van der Waals surface area contributed by atoms with Crippen molar-refractivity contribution in [3.63, 3.8) is 0 Å². The highest BCUT2D eigenvalue weighted by Crippen LogP contribution is 2.40. The highest BCUT2D eigenvalue weighted by atomic mass is 35.5. The predicted octanol–water partition coefficient (Wildman–Crippen LogP) is 6.04. The minimum absolute atomic E-state index is 0.00193. The van der Waals surface area contributed by atoms with Gasteiger partial charge in [-0.3, -0.25) is 4.79 Å². The first-order valence-electron chi connectivity index (χ1n) is 9.33. The molecule has 1 saturated heterocycles. The van der Waals surface area contributed by atoms with Crippen LogP contribution in [0.4, 0.5) is 0 Å². The first kappa shape index (κ1) is 18.3. The predicted molar refractivity (Wildman–Crippen MR) is 117 cm³/mol. The van der Waals surface area contributed by atoms with E-state index in [4.69, 9.17) is 16.1 Å². The van der Waals surface area contributed by atoms with E-state index >= 15 is 0 Å². The summed E-state index contributed by atoms with van der Waals surface area (Å²) in [5.41, 5.74) is 3.35. The molecule has 2 heterocycles. The molecule has 0 spiro atoms. The third-order valence-corrected chi connectivity index (χ3v) is 6.54. The summed E-state index contributed by atoms with van der Waals surface area (Å²) in [6.07, 6.45) is 0. The fourth-order valence-electron chi connectivity index (χ4n) is 3.65. The number of aromatic nitrogens is 1. The Morgan fingerprint density at radius 3 is 2.76 bits per heavy atom. The summed E-state index contributed by atoms with van der Waals surface area (Å²) in [4.78, 5) is 15.3. The molecule has 1 aliphatic rings. The zero-order chi connectivity index (χ0) is 19.8. The Labute approximate surface area is 177 Å². The number of nitrogens with zero attached hydrogens (tertiary/aromatic N) is 2. The van der Waals surface area contributed by atoms with Crippen LogP contribution in [0.1, 0.15) is 21.3 Å². The van der Waals surface area contributed by atoms with Crippen molar-refractivity contribution in [1.29, 1.82) is 0 Å². The van der Waals surface area contributed by atoms with Crippen LogP contribution in [-0.2, 0) is 0 Å². The summed E-state index contributed by atoms with van der Waals surface area (Å²) in [5.74, 6) is 1.58. The molecule has 1 aliphatic heterocycles. The van der Waals surface area contributed by atoms with Crippen LogP contribution in [-0.4, -0.2) is 28.3 Å². The fourth-order valence-corrected chi connectivity index (χ4v) is 5.10. The van der Waals surface area contributed by atoms with Gasteiger partial charge in [-0.25, -0.2) is 0 Å². The smallest absolute Gasteiger partial charge is 0.255 e. The third-order valence-electron chi connectivity index (χ3n) is 5.05. The summed E-state index contributed by atoms with van der Waals surface area (Å²) in [6, 6.07) is 23.1. The normalized spacial score (nSPS) is 16.4. The number of amides is 1. The van der Waals surface area contributed by atoms with E-state index in [9.17, 15) is 4.79 Å². The molecule has 1 aromatic heterocycles. The van der Waals surface area contributed by atoms with Gasteiger partial charge in [-0.2, -0.15) is 0 Å². The highest BCUT2D eigenvalue weighted by Gasteiger charge is 2.31. The lowest BCUT2D eigenvalue weighted by Crippen LogP contribution is -2.30. The molecule has 5 rings (SSSR count). The van der Waals surface area contributed by atoms with Gasteiger partial charge >= 0.3 is 0 Å². The SMILES string of the molecule is O=C(c1ccc2noc(-c3ccccc3)c2c1)N1CCSC1c1cccc(Cl)c1. The molecule has 29 heavy (non-hydrogen) atoms. The minimum Gasteiger partial charge on any atom is -0.355 e. The first-order valence-corrected chi connectivity index (χ1v) is 10.8. The number of benzene rings is 3. The number of thioether (sulfide) groups is 1. The highest BCUT2D eigenvalue weighted by molar-refractivity contribution is 7.99. The van der Waals surface area contributed by atoms with Crippen molar-refractivity contribution < 1.29 is 9.32 Å². The number of carbonyl (C=O) groups is 1. The van der Waals surface area contributed by atoms with Gasteiger partial charge in [-0.15, -0.1) is 11.8 Å².